The summed E-state index contributed by atoms with van der Waals surface area (Å²) in [6.07, 6.45) is 4.77. The van der Waals surface area contributed by atoms with Gasteiger partial charge in [-0.05, 0) is 130 Å². The number of aryl methyl sites for hydroxylation is 1. The van der Waals surface area contributed by atoms with E-state index in [4.69, 9.17) is 14.2 Å². The van der Waals surface area contributed by atoms with Gasteiger partial charge in [-0.15, -0.1) is 0 Å². The van der Waals surface area contributed by atoms with Crippen LogP contribution in [0.2, 0.25) is 0 Å². The van der Waals surface area contributed by atoms with Gasteiger partial charge in [-0.2, -0.15) is 17.0 Å². The number of rotatable bonds is 36. The maximum absolute atomic E-state index is 14.6. The van der Waals surface area contributed by atoms with Crippen molar-refractivity contribution in [3.05, 3.63) is 69.4 Å². The quantitative estimate of drug-likeness (QED) is 0.0159. The molecule has 3 aliphatic heterocycles. The first-order chi connectivity index (χ1) is 46.2. The largest absolute Gasteiger partial charge is 0.494 e. The lowest BCUT2D eigenvalue weighted by atomic mass is 10.1. The number of carbonyl (C=O) groups is 9. The van der Waals surface area contributed by atoms with Crippen LogP contribution in [0.15, 0.2) is 59.7 Å². The first-order valence-corrected chi connectivity index (χ1v) is 34.7. The molecule has 3 aromatic rings. The third kappa shape index (κ3) is 28.1. The van der Waals surface area contributed by atoms with Crippen LogP contribution in [-0.2, 0) is 54.3 Å². The van der Waals surface area contributed by atoms with Gasteiger partial charge in [0.15, 0.2) is 0 Å². The molecule has 2 aromatic carbocycles. The first-order valence-electron chi connectivity index (χ1n) is 32.5. The predicted octanol–water partition coefficient (Wildman–Crippen LogP) is 1.72. The number of carbonyl (C=O) groups excluding carboxylic acids is 8. The zero-order valence-electron chi connectivity index (χ0n) is 54.8. The number of amidine groups is 1. The van der Waals surface area contributed by atoms with Gasteiger partial charge >= 0.3 is 5.97 Å². The molecule has 0 spiro atoms. The molecule has 6 N–H and O–H groups in total. The van der Waals surface area contributed by atoms with Crippen molar-refractivity contribution in [2.75, 3.05) is 156 Å². The van der Waals surface area contributed by atoms with Crippen LogP contribution in [-0.4, -0.2) is 289 Å². The number of aliphatic carboxylic acids is 1. The molecule has 1 aromatic heterocycles. The molecule has 2 unspecified atom stereocenters. The van der Waals surface area contributed by atoms with E-state index in [9.17, 15) is 63.0 Å². The second kappa shape index (κ2) is 41.8. The smallest absolute Gasteiger partial charge is 0.317 e. The Kier molecular flexibility index (Phi) is 33.9. The average molecular weight is 1470 g/mol. The number of piperazine rings is 1. The van der Waals surface area contributed by atoms with E-state index in [2.05, 4.69) is 70.9 Å². The van der Waals surface area contributed by atoms with Crippen LogP contribution < -0.4 is 26.0 Å². The molecule has 31 heteroatoms. The Bertz CT molecular complexity index is 3110. The van der Waals surface area contributed by atoms with E-state index >= 15 is 0 Å². The second-order valence-electron chi connectivity index (χ2n) is 24.2. The number of thioether (sulfide) groups is 1. The summed E-state index contributed by atoms with van der Waals surface area (Å²) in [5.74, 6) is -2.01. The third-order valence-electron chi connectivity index (χ3n) is 16.6. The molecule has 3 fully saturated rings. The van der Waals surface area contributed by atoms with Crippen molar-refractivity contribution in [3.8, 4) is 11.8 Å². The van der Waals surface area contributed by atoms with Crippen molar-refractivity contribution >= 4 is 105 Å². The summed E-state index contributed by atoms with van der Waals surface area (Å²) in [6.45, 7) is 9.20. The number of aliphatic hydroxyl groups excluding tert-OH is 1. The fraction of sp³-hybridized carbons (Fsp3) is 0.600. The molecule has 4 atom stereocenters. The van der Waals surface area contributed by atoms with Gasteiger partial charge in [0.2, 0.25) is 23.6 Å². The van der Waals surface area contributed by atoms with Crippen LogP contribution >= 0.6 is 34.4 Å². The fourth-order valence-electron chi connectivity index (χ4n) is 11.3. The molecule has 0 aliphatic carbocycles. The molecule has 3 aliphatic rings. The van der Waals surface area contributed by atoms with Gasteiger partial charge in [0, 0.05) is 131 Å². The van der Waals surface area contributed by atoms with E-state index in [0.717, 1.165) is 39.8 Å². The number of fused-ring (bicyclic) bond motifs is 1. The normalized spacial score (nSPS) is 18.8. The summed E-state index contributed by atoms with van der Waals surface area (Å²) in [5.41, 5.74) is 0.303. The molecule has 0 bridgehead atoms. The lowest BCUT2D eigenvalue weighted by molar-refractivity contribution is -0.141. The number of hydrogen-bond acceptors (Lipinski definition) is 22. The Hall–Kier alpha value is -7.19. The number of hydrogen-bond donors (Lipinski definition) is 6. The molecule has 28 nitrogen and oxygen atoms in total. The van der Waals surface area contributed by atoms with Crippen molar-refractivity contribution < 1.29 is 72.0 Å². The van der Waals surface area contributed by atoms with E-state index in [1.807, 2.05) is 32.9 Å². The molecule has 0 saturated carbocycles. The van der Waals surface area contributed by atoms with Crippen LogP contribution in [0.3, 0.4) is 0 Å². The number of likely N-dealkylation sites (tertiary alicyclic amines) is 1. The Balaban J connectivity index is 0.931. The van der Waals surface area contributed by atoms with Crippen molar-refractivity contribution in [1.29, 1.82) is 5.26 Å². The molecule has 96 heavy (non-hydrogen) atoms. The number of nitrogens with one attached hydrogen (secondary N) is 4. The number of halogens is 2. The highest BCUT2D eigenvalue weighted by atomic mass is 127. The van der Waals surface area contributed by atoms with Crippen molar-refractivity contribution in [1.82, 2.24) is 60.6 Å². The van der Waals surface area contributed by atoms with E-state index in [1.165, 1.54) is 30.9 Å². The average Bonchev–Trinajstić information content (AvgIpc) is 1.21. The van der Waals surface area contributed by atoms with Crippen LogP contribution in [0.1, 0.15) is 81.1 Å². The number of pyridine rings is 1. The molecular formula is C65H92FIN14O14S. The highest BCUT2D eigenvalue weighted by molar-refractivity contribution is 14.1. The standard InChI is InChI=1S/C65H92FIN14O14S/c1-48(73-58(85)10-7-8-49-11-13-50(67)14-12-49)69-18-4-3-9-56(74-59(86)40-76-22-23-77(41-61(88)89)25-27-79(45-94-47-83)29-28-78(26-24-76)44-93-46-82)63(91)71-20-35-96-42-57(84)64(92)80-32-30-75(31-33-80)21-5-6-34-95-52-15-16-55-54(36-52)53(17-19-70-55)62(90)72-39-60(87)81-43-65(2,66)37-51(81)38-68/h11-17,19,36,46-47,51,56-57,84H,3-10,18,20-35,37,39-45H2,1-2H3,(H,71,91)(H,72,90)(H,74,86)(H,88,89)(H,69,73,85)/t51-,56?,57-,65?/m1/s1. The molecular weight excluding hydrogens is 1380 g/mol. The highest BCUT2D eigenvalue weighted by Gasteiger charge is 2.43. The molecule has 526 valence electrons. The number of aromatic nitrogens is 1. The Labute approximate surface area is 577 Å². The number of carboxylic acids is 1. The maximum Gasteiger partial charge on any atom is 0.317 e. The Morgan fingerprint density at radius 3 is 2.15 bits per heavy atom. The summed E-state index contributed by atoms with van der Waals surface area (Å²) in [7, 11) is 0. The van der Waals surface area contributed by atoms with Gasteiger partial charge in [0.05, 0.1) is 55.8 Å². The minimum absolute atomic E-state index is 0.0143. The second-order valence-corrected chi connectivity index (χ2v) is 26.6. The van der Waals surface area contributed by atoms with Crippen LogP contribution in [0.25, 0.3) is 10.9 Å². The number of benzene rings is 2. The topological polar surface area (TPSA) is 342 Å². The number of ether oxygens (including phenoxy) is 3. The van der Waals surface area contributed by atoms with Gasteiger partial charge in [-0.3, -0.25) is 77.6 Å². The minimum Gasteiger partial charge on any atom is -0.494 e. The van der Waals surface area contributed by atoms with Crippen molar-refractivity contribution in [2.45, 2.75) is 95.5 Å². The van der Waals surface area contributed by atoms with Gasteiger partial charge < -0.3 is 55.5 Å². The SMILES string of the molecule is CC(=NCCCCC(NC(=O)CN1CCN(COC=O)CCN(COC=O)CCN(CC(=O)O)CC1)C(=O)NCCSC[C@@H](O)C(=O)N1CCN(CCCCOc2ccc3nccc(C(=O)NCC(=O)N4CC(C)(F)C[C@@H]4C#N)c3c2)CC1)NC(=O)CCCc1ccc(I)cc1. The summed E-state index contributed by atoms with van der Waals surface area (Å²) in [6, 6.07) is 15.0. The van der Waals surface area contributed by atoms with Gasteiger partial charge in [-0.1, -0.05) is 12.1 Å². The molecule has 6 amide bonds. The predicted molar refractivity (Wildman–Crippen MR) is 365 cm³/mol. The van der Waals surface area contributed by atoms with Crippen LogP contribution in [0.4, 0.5) is 4.39 Å². The lowest BCUT2D eigenvalue weighted by Gasteiger charge is -2.35. The molecule has 0 radical (unpaired) electrons. The van der Waals surface area contributed by atoms with Crippen LogP contribution in [0, 0.1) is 14.9 Å². The number of unbranched alkanes of at least 4 members (excludes halogenated alkanes) is 2. The summed E-state index contributed by atoms with van der Waals surface area (Å²) >= 11 is 3.56. The highest BCUT2D eigenvalue weighted by Crippen LogP contribution is 2.30. The third-order valence-corrected chi connectivity index (χ3v) is 18.3. The number of aliphatic imine (C=N–C) groups is 1. The maximum atomic E-state index is 14.6. The number of aliphatic hydroxyl groups is 1. The molecule has 4 heterocycles. The van der Waals surface area contributed by atoms with E-state index in [0.29, 0.717) is 145 Å². The van der Waals surface area contributed by atoms with E-state index < -0.39 is 60.0 Å². The Morgan fingerprint density at radius 2 is 1.49 bits per heavy atom. The minimum atomic E-state index is -1.68. The summed E-state index contributed by atoms with van der Waals surface area (Å²) in [5, 5.41) is 41.9. The van der Waals surface area contributed by atoms with Gasteiger partial charge in [0.1, 0.15) is 43.1 Å². The first kappa shape index (κ1) is 77.8. The van der Waals surface area contributed by atoms with Crippen molar-refractivity contribution in [3.63, 3.8) is 0 Å². The summed E-state index contributed by atoms with van der Waals surface area (Å²) in [4.78, 5) is 135. The summed E-state index contributed by atoms with van der Waals surface area (Å²) < 4.78 is 31.9. The van der Waals surface area contributed by atoms with E-state index in [1.54, 1.807) is 34.9 Å². The van der Waals surface area contributed by atoms with Crippen LogP contribution in [0.5, 0.6) is 5.75 Å². The van der Waals surface area contributed by atoms with Gasteiger partial charge in [0.25, 0.3) is 24.8 Å². The van der Waals surface area contributed by atoms with Crippen molar-refractivity contribution in [2.24, 2.45) is 4.99 Å². The number of carboxylic acid groups (broad SMARTS) is 1. The molecule has 3 saturated heterocycles. The number of nitriles is 1. The lowest BCUT2D eigenvalue weighted by Crippen LogP contribution is -2.52. The Morgan fingerprint density at radius 1 is 0.833 bits per heavy atom. The van der Waals surface area contributed by atoms with E-state index in [-0.39, 0.29) is 88.7 Å². The monoisotopic (exact) mass is 1470 g/mol. The zero-order chi connectivity index (χ0) is 69.2. The number of alkyl halides is 1. The number of nitrogens with zero attached hydrogens (tertiary/aromatic N) is 10. The fourth-order valence-corrected chi connectivity index (χ4v) is 12.4. The van der Waals surface area contributed by atoms with Gasteiger partial charge in [-0.25, -0.2) is 4.39 Å². The number of amides is 6. The molecule has 6 rings (SSSR count). The zero-order valence-corrected chi connectivity index (χ0v) is 57.8.